The molecule has 0 aliphatic heterocycles. The van der Waals surface area contributed by atoms with Gasteiger partial charge in [-0.25, -0.2) is 4.79 Å². The SMILES string of the molecule is CCCCC(CC)CNC(=O)CCn1c(=O)[nH]c2ccccc2c1=O. The summed E-state index contributed by atoms with van der Waals surface area (Å²) < 4.78 is 1.09. The van der Waals surface area contributed by atoms with Crippen molar-refractivity contribution in [2.75, 3.05) is 6.54 Å². The number of nitrogens with one attached hydrogen (secondary N) is 2. The molecular weight excluding hydrogens is 318 g/mol. The molecule has 2 N–H and O–H groups in total. The van der Waals surface area contributed by atoms with E-state index in [0.717, 1.165) is 30.3 Å². The van der Waals surface area contributed by atoms with Gasteiger partial charge in [0.05, 0.1) is 10.9 Å². The molecule has 0 saturated carbocycles. The molecule has 6 heteroatoms. The first kappa shape index (κ1) is 19.0. The average Bonchev–Trinajstić information content (AvgIpc) is 2.61. The van der Waals surface area contributed by atoms with Crippen LogP contribution in [-0.2, 0) is 11.3 Å². The van der Waals surface area contributed by atoms with E-state index < -0.39 is 5.69 Å². The largest absolute Gasteiger partial charge is 0.356 e. The van der Waals surface area contributed by atoms with Crippen LogP contribution in [-0.4, -0.2) is 22.0 Å². The van der Waals surface area contributed by atoms with Crippen LogP contribution in [0.25, 0.3) is 10.9 Å². The minimum atomic E-state index is -0.481. The lowest BCUT2D eigenvalue weighted by molar-refractivity contribution is -0.121. The number of H-pyrrole nitrogens is 1. The molecule has 0 aliphatic rings. The fourth-order valence-corrected chi connectivity index (χ4v) is 2.91. The van der Waals surface area contributed by atoms with E-state index in [-0.39, 0.29) is 24.4 Å². The fourth-order valence-electron chi connectivity index (χ4n) is 2.91. The third-order valence-electron chi connectivity index (χ3n) is 4.58. The summed E-state index contributed by atoms with van der Waals surface area (Å²) >= 11 is 0. The Balaban J connectivity index is 1.97. The molecule has 0 spiro atoms. The number of hydrogen-bond acceptors (Lipinski definition) is 3. The number of carbonyl (C=O) groups excluding carboxylic acids is 1. The zero-order valence-corrected chi connectivity index (χ0v) is 15.0. The second-order valence-corrected chi connectivity index (χ2v) is 6.40. The molecule has 2 aromatic rings. The molecule has 25 heavy (non-hydrogen) atoms. The summed E-state index contributed by atoms with van der Waals surface area (Å²) in [4.78, 5) is 39.2. The lowest BCUT2D eigenvalue weighted by Gasteiger charge is -2.15. The van der Waals surface area contributed by atoms with E-state index in [4.69, 9.17) is 0 Å². The predicted molar refractivity (Wildman–Crippen MR) is 99.8 cm³/mol. The number of amides is 1. The van der Waals surface area contributed by atoms with Gasteiger partial charge in [-0.05, 0) is 24.5 Å². The van der Waals surface area contributed by atoms with Crippen molar-refractivity contribution in [1.29, 1.82) is 0 Å². The van der Waals surface area contributed by atoms with Crippen LogP contribution in [0.15, 0.2) is 33.9 Å². The van der Waals surface area contributed by atoms with Crippen LogP contribution in [0.4, 0.5) is 0 Å². The predicted octanol–water partition coefficient (Wildman–Crippen LogP) is 2.41. The molecule has 1 heterocycles. The monoisotopic (exact) mass is 345 g/mol. The number of fused-ring (bicyclic) bond motifs is 1. The molecule has 1 aromatic carbocycles. The Morgan fingerprint density at radius 3 is 2.72 bits per heavy atom. The molecule has 1 atom stereocenters. The van der Waals surface area contributed by atoms with Crippen LogP contribution in [0.1, 0.15) is 46.0 Å². The Kier molecular flexibility index (Phi) is 6.98. The number of hydrogen-bond donors (Lipinski definition) is 2. The van der Waals surface area contributed by atoms with E-state index >= 15 is 0 Å². The van der Waals surface area contributed by atoms with E-state index in [9.17, 15) is 14.4 Å². The van der Waals surface area contributed by atoms with Gasteiger partial charge in [0, 0.05) is 19.5 Å². The van der Waals surface area contributed by atoms with Gasteiger partial charge < -0.3 is 10.3 Å². The summed E-state index contributed by atoms with van der Waals surface area (Å²) in [7, 11) is 0. The molecule has 0 radical (unpaired) electrons. The molecule has 0 bridgehead atoms. The number of nitrogens with zero attached hydrogens (tertiary/aromatic N) is 1. The zero-order valence-electron chi connectivity index (χ0n) is 15.0. The second-order valence-electron chi connectivity index (χ2n) is 6.40. The van der Waals surface area contributed by atoms with Crippen molar-refractivity contribution in [2.45, 2.75) is 52.5 Å². The van der Waals surface area contributed by atoms with Crippen molar-refractivity contribution < 1.29 is 4.79 Å². The minimum absolute atomic E-state index is 0.0799. The van der Waals surface area contributed by atoms with E-state index in [1.807, 2.05) is 0 Å². The van der Waals surface area contributed by atoms with Gasteiger partial charge in [0.1, 0.15) is 0 Å². The van der Waals surface area contributed by atoms with Gasteiger partial charge in [0.15, 0.2) is 0 Å². The Morgan fingerprint density at radius 1 is 1.24 bits per heavy atom. The van der Waals surface area contributed by atoms with E-state index in [0.29, 0.717) is 23.4 Å². The van der Waals surface area contributed by atoms with Crippen molar-refractivity contribution in [1.82, 2.24) is 14.9 Å². The summed E-state index contributed by atoms with van der Waals surface area (Å²) in [5, 5.41) is 3.37. The first-order valence-corrected chi connectivity index (χ1v) is 9.05. The van der Waals surface area contributed by atoms with Crippen molar-refractivity contribution in [3.8, 4) is 0 Å². The Morgan fingerprint density at radius 2 is 2.00 bits per heavy atom. The smallest absolute Gasteiger partial charge is 0.328 e. The Labute approximate surface area is 147 Å². The Hall–Kier alpha value is -2.37. The van der Waals surface area contributed by atoms with Gasteiger partial charge in [-0.3, -0.25) is 14.2 Å². The van der Waals surface area contributed by atoms with Crippen LogP contribution in [0.3, 0.4) is 0 Å². The summed E-state index contributed by atoms with van der Waals surface area (Å²) in [6.45, 7) is 5.01. The first-order valence-electron chi connectivity index (χ1n) is 9.05. The van der Waals surface area contributed by atoms with Gasteiger partial charge in [0.25, 0.3) is 5.56 Å². The van der Waals surface area contributed by atoms with Gasteiger partial charge in [-0.1, -0.05) is 45.2 Å². The van der Waals surface area contributed by atoms with E-state index in [1.54, 1.807) is 24.3 Å². The molecule has 6 nitrogen and oxygen atoms in total. The van der Waals surface area contributed by atoms with Gasteiger partial charge in [0.2, 0.25) is 5.91 Å². The van der Waals surface area contributed by atoms with Gasteiger partial charge >= 0.3 is 5.69 Å². The highest BCUT2D eigenvalue weighted by molar-refractivity contribution is 5.77. The number of unbranched alkanes of at least 4 members (excludes halogenated alkanes) is 1. The second kappa shape index (κ2) is 9.20. The van der Waals surface area contributed by atoms with Crippen LogP contribution < -0.4 is 16.6 Å². The highest BCUT2D eigenvalue weighted by atomic mass is 16.2. The van der Waals surface area contributed by atoms with Crippen molar-refractivity contribution in [2.24, 2.45) is 5.92 Å². The third-order valence-corrected chi connectivity index (χ3v) is 4.58. The number of aromatic nitrogens is 2. The van der Waals surface area contributed by atoms with Crippen molar-refractivity contribution >= 4 is 16.8 Å². The molecule has 2 rings (SSSR count). The lowest BCUT2D eigenvalue weighted by Crippen LogP contribution is -2.37. The highest BCUT2D eigenvalue weighted by Crippen LogP contribution is 2.11. The van der Waals surface area contributed by atoms with E-state index in [1.165, 1.54) is 0 Å². The molecule has 136 valence electrons. The van der Waals surface area contributed by atoms with Crippen LogP contribution in [0.2, 0.25) is 0 Å². The third kappa shape index (κ3) is 5.05. The lowest BCUT2D eigenvalue weighted by atomic mass is 9.99. The van der Waals surface area contributed by atoms with E-state index in [2.05, 4.69) is 24.1 Å². The normalized spacial score (nSPS) is 12.2. The summed E-state index contributed by atoms with van der Waals surface area (Å²) in [5.74, 6) is 0.352. The van der Waals surface area contributed by atoms with Crippen molar-refractivity contribution in [3.05, 3.63) is 45.1 Å². The molecular formula is C19H27N3O3. The molecule has 1 unspecified atom stereocenters. The quantitative estimate of drug-likeness (QED) is 0.732. The number of carbonyl (C=O) groups is 1. The van der Waals surface area contributed by atoms with Crippen LogP contribution >= 0.6 is 0 Å². The summed E-state index contributed by atoms with van der Waals surface area (Å²) in [6, 6.07) is 6.87. The molecule has 0 aliphatic carbocycles. The molecule has 1 aromatic heterocycles. The number of rotatable bonds is 9. The number of aromatic amines is 1. The summed E-state index contributed by atoms with van der Waals surface area (Å²) in [6.07, 6.45) is 4.57. The fraction of sp³-hybridized carbons (Fsp3) is 0.526. The summed E-state index contributed by atoms with van der Waals surface area (Å²) in [5.41, 5.74) is -0.327. The van der Waals surface area contributed by atoms with Gasteiger partial charge in [-0.15, -0.1) is 0 Å². The van der Waals surface area contributed by atoms with Crippen LogP contribution in [0.5, 0.6) is 0 Å². The van der Waals surface area contributed by atoms with Crippen LogP contribution in [0, 0.1) is 5.92 Å². The zero-order chi connectivity index (χ0) is 18.2. The maximum absolute atomic E-state index is 12.4. The number of para-hydroxylation sites is 1. The molecule has 0 fully saturated rings. The molecule has 1 amide bonds. The topological polar surface area (TPSA) is 84.0 Å². The Bertz CT molecular complexity index is 823. The average molecular weight is 345 g/mol. The maximum atomic E-state index is 12.4. The van der Waals surface area contributed by atoms with Crippen molar-refractivity contribution in [3.63, 3.8) is 0 Å². The maximum Gasteiger partial charge on any atom is 0.328 e. The highest BCUT2D eigenvalue weighted by Gasteiger charge is 2.11. The minimum Gasteiger partial charge on any atom is -0.356 e. The number of benzene rings is 1. The van der Waals surface area contributed by atoms with Gasteiger partial charge in [-0.2, -0.15) is 0 Å². The first-order chi connectivity index (χ1) is 12.1. The molecule has 0 saturated heterocycles. The standard InChI is InChI=1S/C19H27N3O3/c1-3-5-8-14(4-2)13-20-17(23)11-12-22-18(24)15-9-6-7-10-16(15)21-19(22)25/h6-7,9-10,14H,3-5,8,11-13H2,1-2H3,(H,20,23)(H,21,25).